The Hall–Kier alpha value is -1.73. The summed E-state index contributed by atoms with van der Waals surface area (Å²) in [6.45, 7) is 1.71. The van der Waals surface area contributed by atoms with Crippen molar-refractivity contribution in [1.82, 2.24) is 4.98 Å². The predicted molar refractivity (Wildman–Crippen MR) is 122 cm³/mol. The highest BCUT2D eigenvalue weighted by Gasteiger charge is 2.40. The van der Waals surface area contributed by atoms with E-state index in [9.17, 15) is 0 Å². The molecule has 2 aromatic carbocycles. The van der Waals surface area contributed by atoms with E-state index in [-0.39, 0.29) is 0 Å². The van der Waals surface area contributed by atoms with Crippen molar-refractivity contribution in [2.45, 2.75) is 16.9 Å². The Morgan fingerprint density at radius 3 is 2.03 bits per heavy atom. The number of hydrogen-bond donors (Lipinski definition) is 0. The molecule has 1 heterocycles. The van der Waals surface area contributed by atoms with E-state index in [1.807, 2.05) is 64.6 Å². The maximum atomic E-state index is 8.49. The maximum absolute atomic E-state index is 8.49. The van der Waals surface area contributed by atoms with Crippen molar-refractivity contribution in [3.8, 4) is 17.1 Å². The van der Waals surface area contributed by atoms with Crippen molar-refractivity contribution in [2.24, 2.45) is 4.99 Å². The molecular formula is C20H20Cl4N4O5S. The number of para-hydroxylation sites is 1. The van der Waals surface area contributed by atoms with E-state index in [2.05, 4.69) is 4.99 Å². The predicted octanol–water partition coefficient (Wildman–Crippen LogP) is 0.528. The summed E-state index contributed by atoms with van der Waals surface area (Å²) in [5.41, 5.74) is 1.97. The molecule has 0 fully saturated rings. The monoisotopic (exact) mass is 568 g/mol. The number of hydrogen-bond acceptors (Lipinski definition) is 9. The van der Waals surface area contributed by atoms with Gasteiger partial charge in [-0.1, -0.05) is 71.2 Å². The zero-order valence-electron chi connectivity index (χ0n) is 18.1. The Morgan fingerprint density at radius 1 is 1.06 bits per heavy atom. The van der Waals surface area contributed by atoms with Crippen molar-refractivity contribution < 1.29 is 37.6 Å². The van der Waals surface area contributed by atoms with Gasteiger partial charge in [-0.15, -0.1) is 14.2 Å². The van der Waals surface area contributed by atoms with E-state index in [4.69, 9.17) is 63.2 Å². The summed E-state index contributed by atoms with van der Waals surface area (Å²) in [6, 6.07) is 19.9. The fraction of sp³-hybridized carbons (Fsp3) is 0.250. The molecule has 0 saturated heterocycles. The Labute approximate surface area is 217 Å². The second kappa shape index (κ2) is 12.3. The van der Waals surface area contributed by atoms with Gasteiger partial charge in [0.15, 0.2) is 12.1 Å². The Balaban J connectivity index is 0.000000739. The summed E-state index contributed by atoms with van der Waals surface area (Å²) in [5, 5.41) is 0.650. The molecule has 34 heavy (non-hydrogen) atoms. The van der Waals surface area contributed by atoms with Crippen LogP contribution in [0.15, 0.2) is 65.7 Å². The van der Waals surface area contributed by atoms with Crippen LogP contribution in [0, 0.1) is 10.2 Å². The standard InChI is InChI=1S/C20H20Cl3N4OS.ClHO4/c1-14(28-3)24-18(20(21,22)23)26(2)19-25-17(15-10-6-4-7-11-15)27(29-19)16-12-8-5-9-13-16;2-1(3,4)5/h4-13,18H,1-3H3;(H,2,3,4,5)/q+1;/p-1/b24-14-;. The van der Waals surface area contributed by atoms with E-state index in [0.717, 1.165) is 17.1 Å². The van der Waals surface area contributed by atoms with Gasteiger partial charge in [-0.05, 0) is 29.2 Å². The number of halogens is 4. The third-order valence-electron chi connectivity index (χ3n) is 4.15. The molecule has 0 spiro atoms. The van der Waals surface area contributed by atoms with Crippen LogP contribution in [0.1, 0.15) is 6.92 Å². The highest BCUT2D eigenvalue weighted by molar-refractivity contribution is 7.06. The van der Waals surface area contributed by atoms with Gasteiger partial charge in [0, 0.05) is 14.0 Å². The lowest BCUT2D eigenvalue weighted by Crippen LogP contribution is -2.68. The highest BCUT2D eigenvalue weighted by Crippen LogP contribution is 2.37. The van der Waals surface area contributed by atoms with Gasteiger partial charge >= 0.3 is 11.0 Å². The van der Waals surface area contributed by atoms with Crippen molar-refractivity contribution in [1.29, 1.82) is 0 Å². The molecule has 0 amide bonds. The van der Waals surface area contributed by atoms with Crippen LogP contribution >= 0.6 is 46.3 Å². The number of rotatable bonds is 5. The normalized spacial score (nSPS) is 13.1. The number of alkyl halides is 3. The Morgan fingerprint density at radius 2 is 1.56 bits per heavy atom. The number of nitrogens with zero attached hydrogens (tertiary/aromatic N) is 4. The molecule has 1 unspecified atom stereocenters. The molecule has 9 nitrogen and oxygen atoms in total. The van der Waals surface area contributed by atoms with Crippen LogP contribution in [-0.4, -0.2) is 35.0 Å². The lowest BCUT2D eigenvalue weighted by molar-refractivity contribution is -2.00. The van der Waals surface area contributed by atoms with Gasteiger partial charge in [-0.2, -0.15) is 0 Å². The molecule has 0 radical (unpaired) electrons. The van der Waals surface area contributed by atoms with Crippen LogP contribution in [0.3, 0.4) is 0 Å². The zero-order valence-corrected chi connectivity index (χ0v) is 21.9. The molecule has 184 valence electrons. The number of benzene rings is 2. The van der Waals surface area contributed by atoms with Gasteiger partial charge in [0.1, 0.15) is 17.2 Å². The molecule has 3 aromatic rings. The van der Waals surface area contributed by atoms with Crippen molar-refractivity contribution >= 4 is 57.4 Å². The van der Waals surface area contributed by atoms with E-state index < -0.39 is 20.2 Å². The van der Waals surface area contributed by atoms with Gasteiger partial charge in [-0.3, -0.25) is 0 Å². The number of methoxy groups -OCH3 is 1. The third-order valence-corrected chi connectivity index (χ3v) is 5.84. The molecule has 1 atom stereocenters. The number of ether oxygens (including phenoxy) is 1. The molecule has 1 aromatic heterocycles. The summed E-state index contributed by atoms with van der Waals surface area (Å²) in [5.74, 6) is 1.20. The fourth-order valence-corrected chi connectivity index (χ4v) is 4.21. The first-order valence-electron chi connectivity index (χ1n) is 9.35. The van der Waals surface area contributed by atoms with Crippen LogP contribution in [0.2, 0.25) is 0 Å². The molecule has 0 aliphatic heterocycles. The molecule has 0 aliphatic rings. The van der Waals surface area contributed by atoms with Crippen LogP contribution in [-0.2, 0) is 4.74 Å². The molecule has 0 bridgehead atoms. The average Bonchev–Trinajstić information content (AvgIpc) is 3.22. The summed E-state index contributed by atoms with van der Waals surface area (Å²) in [7, 11) is -1.63. The molecule has 14 heteroatoms. The summed E-state index contributed by atoms with van der Waals surface area (Å²) in [4.78, 5) is 11.0. The largest absolute Gasteiger partial charge is 0.484 e. The van der Waals surface area contributed by atoms with Crippen molar-refractivity contribution in [3.63, 3.8) is 0 Å². The van der Waals surface area contributed by atoms with Gasteiger partial charge in [0.2, 0.25) is 3.79 Å². The minimum Gasteiger partial charge on any atom is -0.484 e. The minimum absolute atomic E-state index is 0.406. The SMILES string of the molecule is CO/C(C)=N\C(N(C)c1nc(-c2ccccc2)[n+](-c2ccccc2)s1)C(Cl)(Cl)Cl.[O-][Cl+3]([O-])([O-])[O-]. The third kappa shape index (κ3) is 8.81. The number of aromatic nitrogens is 2. The molecule has 0 aliphatic carbocycles. The topological polar surface area (TPSA) is 134 Å². The first kappa shape index (κ1) is 28.5. The summed E-state index contributed by atoms with van der Waals surface area (Å²) in [6.07, 6.45) is -0.813. The van der Waals surface area contributed by atoms with E-state index >= 15 is 0 Å². The first-order valence-corrected chi connectivity index (χ1v) is 12.5. The van der Waals surface area contributed by atoms with E-state index in [1.165, 1.54) is 18.6 Å². The number of aliphatic imine (C=N–C) groups is 1. The maximum Gasteiger partial charge on any atom is 0.350 e. The van der Waals surface area contributed by atoms with Gasteiger partial charge in [0.25, 0.3) is 0 Å². The van der Waals surface area contributed by atoms with E-state index in [1.54, 1.807) is 18.9 Å². The van der Waals surface area contributed by atoms with Crippen LogP contribution < -0.4 is 27.5 Å². The van der Waals surface area contributed by atoms with Gasteiger partial charge in [-0.25, -0.2) is 23.6 Å². The first-order chi connectivity index (χ1) is 15.8. The van der Waals surface area contributed by atoms with Crippen LogP contribution in [0.4, 0.5) is 5.13 Å². The van der Waals surface area contributed by atoms with Gasteiger partial charge < -0.3 is 9.64 Å². The number of anilines is 1. The van der Waals surface area contributed by atoms with Crippen LogP contribution in [0.25, 0.3) is 17.1 Å². The second-order valence-electron chi connectivity index (χ2n) is 6.56. The fourth-order valence-electron chi connectivity index (χ4n) is 2.64. The zero-order chi connectivity index (χ0) is 25.5. The van der Waals surface area contributed by atoms with Gasteiger partial charge in [0.05, 0.1) is 12.7 Å². The lowest BCUT2D eigenvalue weighted by Gasteiger charge is -2.27. The highest BCUT2D eigenvalue weighted by atomic mass is 35.7. The average molecular weight is 570 g/mol. The summed E-state index contributed by atoms with van der Waals surface area (Å²) >= 11 is 20.1. The Bertz CT molecular complexity index is 1010. The van der Waals surface area contributed by atoms with Crippen molar-refractivity contribution in [3.05, 3.63) is 60.7 Å². The molecular weight excluding hydrogens is 550 g/mol. The van der Waals surface area contributed by atoms with Crippen LogP contribution in [0.5, 0.6) is 0 Å². The summed E-state index contributed by atoms with van der Waals surface area (Å²) < 4.78 is 39.5. The second-order valence-corrected chi connectivity index (χ2v) is 10.6. The minimum atomic E-state index is -4.94. The molecule has 3 rings (SSSR count). The molecule has 0 saturated carbocycles. The van der Waals surface area contributed by atoms with E-state index in [0.29, 0.717) is 11.0 Å². The Kier molecular flexibility index (Phi) is 10.3. The lowest BCUT2D eigenvalue weighted by atomic mass is 10.2. The quantitative estimate of drug-likeness (QED) is 0.189. The molecule has 0 N–H and O–H groups in total. The van der Waals surface area contributed by atoms with Crippen molar-refractivity contribution in [2.75, 3.05) is 19.1 Å². The smallest absolute Gasteiger partial charge is 0.350 e.